The van der Waals surface area contributed by atoms with E-state index in [1.165, 1.54) is 0 Å². The molecule has 0 radical (unpaired) electrons. The number of halogens is 1. The van der Waals surface area contributed by atoms with Crippen LogP contribution in [0.2, 0.25) is 0 Å². The van der Waals surface area contributed by atoms with Crippen molar-refractivity contribution >= 4 is 39.1 Å². The number of aromatic nitrogens is 2. The smallest absolute Gasteiger partial charge is 0.269 e. The minimum absolute atomic E-state index is 0.161. The Morgan fingerprint density at radius 3 is 2.65 bits per heavy atom. The second-order valence-electron chi connectivity index (χ2n) is 5.62. The van der Waals surface area contributed by atoms with Gasteiger partial charge in [0.15, 0.2) is 0 Å². The van der Waals surface area contributed by atoms with Gasteiger partial charge in [0, 0.05) is 15.6 Å². The maximum Gasteiger partial charge on any atom is 0.269 e. The van der Waals surface area contributed by atoms with Gasteiger partial charge in [-0.3, -0.25) is 4.79 Å². The van der Waals surface area contributed by atoms with E-state index in [2.05, 4.69) is 30.8 Å². The summed E-state index contributed by atoms with van der Waals surface area (Å²) in [5.74, 6) is -0.161. The standard InChI is InChI=1S/C14H16BrN3OS/c1-8-7-9(5-6-10(8)15)16-13(19)11-12(14(2,3)4)17-18-20-11/h5-7H,1-4H3,(H,16,19). The third-order valence-electron chi connectivity index (χ3n) is 2.82. The average Bonchev–Trinajstić information content (AvgIpc) is 2.83. The summed E-state index contributed by atoms with van der Waals surface area (Å²) >= 11 is 4.57. The average molecular weight is 354 g/mol. The summed E-state index contributed by atoms with van der Waals surface area (Å²) in [4.78, 5) is 12.9. The van der Waals surface area contributed by atoms with Crippen LogP contribution < -0.4 is 5.32 Å². The number of nitrogens with zero attached hydrogens (tertiary/aromatic N) is 2. The van der Waals surface area contributed by atoms with E-state index in [9.17, 15) is 4.79 Å². The number of aryl methyl sites for hydroxylation is 1. The zero-order valence-electron chi connectivity index (χ0n) is 11.8. The van der Waals surface area contributed by atoms with Crippen LogP contribution >= 0.6 is 27.5 Å². The van der Waals surface area contributed by atoms with E-state index in [1.54, 1.807) is 0 Å². The minimum atomic E-state index is -0.199. The number of amides is 1. The molecule has 0 saturated carbocycles. The zero-order chi connectivity index (χ0) is 14.9. The first-order chi connectivity index (χ1) is 9.29. The first-order valence-corrected chi connectivity index (χ1v) is 7.76. The number of rotatable bonds is 2. The lowest BCUT2D eigenvalue weighted by Gasteiger charge is -2.16. The number of benzene rings is 1. The van der Waals surface area contributed by atoms with Gasteiger partial charge in [0.05, 0.1) is 5.69 Å². The predicted molar refractivity (Wildman–Crippen MR) is 85.4 cm³/mol. The predicted octanol–water partition coefficient (Wildman–Crippen LogP) is 4.16. The summed E-state index contributed by atoms with van der Waals surface area (Å²) < 4.78 is 4.93. The van der Waals surface area contributed by atoms with Crippen molar-refractivity contribution in [2.45, 2.75) is 33.1 Å². The first-order valence-electron chi connectivity index (χ1n) is 6.19. The van der Waals surface area contributed by atoms with E-state index in [0.717, 1.165) is 32.9 Å². The molecule has 0 spiro atoms. The molecule has 1 aromatic carbocycles. The Bertz CT molecular complexity index is 646. The molecule has 6 heteroatoms. The molecule has 0 aliphatic carbocycles. The number of carbonyl (C=O) groups excluding carboxylic acids is 1. The molecule has 0 aliphatic heterocycles. The molecule has 2 rings (SSSR count). The summed E-state index contributed by atoms with van der Waals surface area (Å²) in [7, 11) is 0. The summed E-state index contributed by atoms with van der Waals surface area (Å²) in [6.45, 7) is 8.04. The summed E-state index contributed by atoms with van der Waals surface area (Å²) in [6.07, 6.45) is 0. The fraction of sp³-hybridized carbons (Fsp3) is 0.357. The van der Waals surface area contributed by atoms with Crippen molar-refractivity contribution in [1.29, 1.82) is 0 Å². The van der Waals surface area contributed by atoms with Crippen LogP contribution in [-0.4, -0.2) is 15.5 Å². The van der Waals surface area contributed by atoms with Gasteiger partial charge in [0.2, 0.25) is 0 Å². The lowest BCUT2D eigenvalue weighted by Crippen LogP contribution is -2.19. The Labute approximate surface area is 130 Å². The van der Waals surface area contributed by atoms with Crippen molar-refractivity contribution in [3.8, 4) is 0 Å². The highest BCUT2D eigenvalue weighted by molar-refractivity contribution is 9.10. The molecule has 0 fully saturated rings. The molecule has 20 heavy (non-hydrogen) atoms. The van der Waals surface area contributed by atoms with Crippen LogP contribution in [0.1, 0.15) is 41.7 Å². The van der Waals surface area contributed by atoms with Crippen LogP contribution in [0.15, 0.2) is 22.7 Å². The van der Waals surface area contributed by atoms with Gasteiger partial charge < -0.3 is 5.32 Å². The molecule has 1 heterocycles. The van der Waals surface area contributed by atoms with Crippen molar-refractivity contribution < 1.29 is 4.79 Å². The number of hydrogen-bond donors (Lipinski definition) is 1. The number of anilines is 1. The monoisotopic (exact) mass is 353 g/mol. The molecule has 4 nitrogen and oxygen atoms in total. The molecule has 106 valence electrons. The minimum Gasteiger partial charge on any atom is -0.321 e. The third-order valence-corrected chi connectivity index (χ3v) is 4.43. The summed E-state index contributed by atoms with van der Waals surface area (Å²) in [5.41, 5.74) is 2.37. The Kier molecular flexibility index (Phi) is 4.25. The van der Waals surface area contributed by atoms with Gasteiger partial charge in [0.1, 0.15) is 4.88 Å². The number of nitrogens with one attached hydrogen (secondary N) is 1. The highest BCUT2D eigenvalue weighted by Crippen LogP contribution is 2.27. The molecule has 1 amide bonds. The fourth-order valence-corrected chi connectivity index (χ4v) is 2.76. The lowest BCUT2D eigenvalue weighted by atomic mass is 9.91. The molecule has 0 atom stereocenters. The van der Waals surface area contributed by atoms with Crippen molar-refractivity contribution in [3.63, 3.8) is 0 Å². The maximum atomic E-state index is 12.3. The Morgan fingerprint density at radius 2 is 2.05 bits per heavy atom. The van der Waals surface area contributed by atoms with Gasteiger partial charge in [-0.25, -0.2) is 0 Å². The van der Waals surface area contributed by atoms with E-state index in [-0.39, 0.29) is 11.3 Å². The highest BCUT2D eigenvalue weighted by atomic mass is 79.9. The SMILES string of the molecule is Cc1cc(NC(=O)c2snnc2C(C)(C)C)ccc1Br. The highest BCUT2D eigenvalue weighted by Gasteiger charge is 2.26. The van der Waals surface area contributed by atoms with E-state index in [4.69, 9.17) is 0 Å². The first kappa shape index (κ1) is 15.1. The molecule has 0 saturated heterocycles. The second kappa shape index (κ2) is 5.61. The lowest BCUT2D eigenvalue weighted by molar-refractivity contribution is 0.102. The fourth-order valence-electron chi connectivity index (χ4n) is 1.74. The van der Waals surface area contributed by atoms with Gasteiger partial charge in [-0.15, -0.1) is 5.10 Å². The number of hydrogen-bond acceptors (Lipinski definition) is 4. The quantitative estimate of drug-likeness (QED) is 0.881. The van der Waals surface area contributed by atoms with Crippen molar-refractivity contribution in [2.75, 3.05) is 5.32 Å². The van der Waals surface area contributed by atoms with E-state index >= 15 is 0 Å². The van der Waals surface area contributed by atoms with Gasteiger partial charge in [-0.1, -0.05) is 41.2 Å². The molecular formula is C14H16BrN3OS. The van der Waals surface area contributed by atoms with Crippen LogP contribution in [0.25, 0.3) is 0 Å². The molecular weight excluding hydrogens is 338 g/mol. The van der Waals surface area contributed by atoms with Crippen LogP contribution in [0.3, 0.4) is 0 Å². The third kappa shape index (κ3) is 3.24. The Morgan fingerprint density at radius 1 is 1.35 bits per heavy atom. The maximum absolute atomic E-state index is 12.3. The van der Waals surface area contributed by atoms with Crippen LogP contribution in [-0.2, 0) is 5.41 Å². The molecule has 2 aromatic rings. The van der Waals surface area contributed by atoms with Crippen LogP contribution in [0, 0.1) is 6.92 Å². The van der Waals surface area contributed by atoms with Gasteiger partial charge in [-0.2, -0.15) is 0 Å². The van der Waals surface area contributed by atoms with E-state index in [0.29, 0.717) is 4.88 Å². The summed E-state index contributed by atoms with van der Waals surface area (Å²) in [6, 6.07) is 5.70. The Hall–Kier alpha value is -1.27. The van der Waals surface area contributed by atoms with Crippen molar-refractivity contribution in [3.05, 3.63) is 38.8 Å². The number of carbonyl (C=O) groups is 1. The molecule has 1 aromatic heterocycles. The zero-order valence-corrected chi connectivity index (χ0v) is 14.2. The van der Waals surface area contributed by atoms with Crippen molar-refractivity contribution in [2.24, 2.45) is 0 Å². The molecule has 1 N–H and O–H groups in total. The van der Waals surface area contributed by atoms with E-state index in [1.807, 2.05) is 45.9 Å². The van der Waals surface area contributed by atoms with Crippen LogP contribution in [0.4, 0.5) is 5.69 Å². The molecule has 0 bridgehead atoms. The van der Waals surface area contributed by atoms with Gasteiger partial charge in [0.25, 0.3) is 5.91 Å². The topological polar surface area (TPSA) is 54.9 Å². The Balaban J connectivity index is 2.25. The van der Waals surface area contributed by atoms with Gasteiger partial charge >= 0.3 is 0 Å². The second-order valence-corrected chi connectivity index (χ2v) is 7.23. The van der Waals surface area contributed by atoms with Crippen molar-refractivity contribution in [1.82, 2.24) is 9.59 Å². The van der Waals surface area contributed by atoms with Crippen LogP contribution in [0.5, 0.6) is 0 Å². The van der Waals surface area contributed by atoms with Gasteiger partial charge in [-0.05, 0) is 42.2 Å². The normalized spacial score (nSPS) is 11.4. The molecule has 0 aliphatic rings. The largest absolute Gasteiger partial charge is 0.321 e. The molecule has 0 unspecified atom stereocenters. The van der Waals surface area contributed by atoms with E-state index < -0.39 is 0 Å². The summed E-state index contributed by atoms with van der Waals surface area (Å²) in [5, 5.41) is 6.98.